The molecule has 3 nitrogen and oxygen atoms in total. The molecule has 1 aromatic carbocycles. The summed E-state index contributed by atoms with van der Waals surface area (Å²) in [6, 6.07) is 5.52. The summed E-state index contributed by atoms with van der Waals surface area (Å²) in [4.78, 5) is 0. The van der Waals surface area contributed by atoms with Crippen molar-refractivity contribution >= 4 is 11.6 Å². The highest BCUT2D eigenvalue weighted by atomic mass is 35.5. The Labute approximate surface area is 106 Å². The Kier molecular flexibility index (Phi) is 3.47. The van der Waals surface area contributed by atoms with Crippen molar-refractivity contribution < 1.29 is 17.9 Å². The van der Waals surface area contributed by atoms with Gasteiger partial charge in [-0.05, 0) is 17.7 Å². The van der Waals surface area contributed by atoms with Gasteiger partial charge in [-0.1, -0.05) is 12.1 Å². The number of nitrogens with zero attached hydrogens (tertiary/aromatic N) is 1. The van der Waals surface area contributed by atoms with E-state index in [9.17, 15) is 13.2 Å². The Bertz CT molecular complexity index is 522. The van der Waals surface area contributed by atoms with Crippen LogP contribution >= 0.6 is 11.6 Å². The maximum Gasteiger partial charge on any atom is 0.573 e. The van der Waals surface area contributed by atoms with Crippen molar-refractivity contribution in [2.45, 2.75) is 12.2 Å². The van der Waals surface area contributed by atoms with Crippen molar-refractivity contribution in [3.05, 3.63) is 36.2 Å². The predicted octanol–water partition coefficient (Wildman–Crippen LogP) is 3.71. The van der Waals surface area contributed by atoms with Crippen molar-refractivity contribution in [2.24, 2.45) is 0 Å². The molecule has 0 radical (unpaired) electrons. The van der Waals surface area contributed by atoms with Gasteiger partial charge in [0.05, 0.1) is 11.6 Å². The van der Waals surface area contributed by atoms with Gasteiger partial charge in [0.1, 0.15) is 5.75 Å². The molecular weight excluding hydrogens is 269 g/mol. The smallest absolute Gasteiger partial charge is 0.406 e. The number of hydrogen-bond donors (Lipinski definition) is 1. The topological polar surface area (TPSA) is 37.9 Å². The van der Waals surface area contributed by atoms with Crippen LogP contribution in [0.15, 0.2) is 30.5 Å². The van der Waals surface area contributed by atoms with E-state index in [-0.39, 0.29) is 11.6 Å². The number of halogens is 4. The first kappa shape index (κ1) is 12.8. The minimum Gasteiger partial charge on any atom is -0.406 e. The Morgan fingerprint density at radius 3 is 2.44 bits per heavy atom. The van der Waals surface area contributed by atoms with E-state index in [4.69, 9.17) is 11.6 Å². The molecule has 0 amide bonds. The van der Waals surface area contributed by atoms with E-state index in [1.807, 2.05) is 0 Å². The fourth-order valence-electron chi connectivity index (χ4n) is 1.51. The number of H-pyrrole nitrogens is 1. The van der Waals surface area contributed by atoms with Gasteiger partial charge in [0.15, 0.2) is 0 Å². The van der Waals surface area contributed by atoms with Gasteiger partial charge < -0.3 is 4.74 Å². The highest BCUT2D eigenvalue weighted by Gasteiger charge is 2.30. The van der Waals surface area contributed by atoms with E-state index in [1.54, 1.807) is 6.20 Å². The van der Waals surface area contributed by atoms with Crippen LogP contribution in [0.1, 0.15) is 5.69 Å². The molecule has 0 aliphatic carbocycles. The number of benzene rings is 1. The first-order chi connectivity index (χ1) is 8.49. The van der Waals surface area contributed by atoms with Gasteiger partial charge in [-0.3, -0.25) is 5.10 Å². The molecule has 96 valence electrons. The van der Waals surface area contributed by atoms with Gasteiger partial charge in [-0.2, -0.15) is 5.10 Å². The van der Waals surface area contributed by atoms with E-state index in [2.05, 4.69) is 14.9 Å². The largest absolute Gasteiger partial charge is 0.573 e. The molecule has 1 N–H and O–H groups in total. The zero-order chi connectivity index (χ0) is 13.2. The van der Waals surface area contributed by atoms with Crippen LogP contribution in [0.5, 0.6) is 5.75 Å². The Balaban J connectivity index is 2.23. The average molecular weight is 277 g/mol. The van der Waals surface area contributed by atoms with Gasteiger partial charge in [-0.25, -0.2) is 0 Å². The number of alkyl halides is 4. The molecule has 0 aliphatic rings. The maximum atomic E-state index is 12.0. The molecule has 2 rings (SSSR count). The summed E-state index contributed by atoms with van der Waals surface area (Å²) in [6.07, 6.45) is -3.05. The fourth-order valence-corrected chi connectivity index (χ4v) is 1.71. The normalized spacial score (nSPS) is 11.6. The molecule has 0 fully saturated rings. The molecule has 0 bridgehead atoms. The number of rotatable bonds is 3. The van der Waals surface area contributed by atoms with Gasteiger partial charge in [0.25, 0.3) is 0 Å². The quantitative estimate of drug-likeness (QED) is 0.868. The molecule has 0 spiro atoms. The third-order valence-corrected chi connectivity index (χ3v) is 2.50. The number of aromatic nitrogens is 2. The Hall–Kier alpha value is -1.69. The molecule has 7 heteroatoms. The van der Waals surface area contributed by atoms with Crippen molar-refractivity contribution in [2.75, 3.05) is 0 Å². The van der Waals surface area contributed by atoms with Crippen molar-refractivity contribution in [1.29, 1.82) is 0 Å². The fraction of sp³-hybridized carbons (Fsp3) is 0.182. The minimum atomic E-state index is -4.68. The molecule has 0 unspecified atom stereocenters. The molecule has 2 aromatic rings. The van der Waals surface area contributed by atoms with Crippen LogP contribution in [-0.4, -0.2) is 16.6 Å². The SMILES string of the molecule is FC(F)(F)Oc1ccc(-c2c[nH]nc2CCl)cc1. The van der Waals surface area contributed by atoms with E-state index in [1.165, 1.54) is 24.3 Å². The second-order valence-electron chi connectivity index (χ2n) is 3.45. The van der Waals surface area contributed by atoms with Crippen LogP contribution < -0.4 is 4.74 Å². The van der Waals surface area contributed by atoms with Crippen LogP contribution in [0, 0.1) is 0 Å². The highest BCUT2D eigenvalue weighted by molar-refractivity contribution is 6.17. The Morgan fingerprint density at radius 1 is 1.22 bits per heavy atom. The van der Waals surface area contributed by atoms with E-state index in [0.29, 0.717) is 11.3 Å². The number of nitrogens with one attached hydrogen (secondary N) is 1. The second kappa shape index (κ2) is 4.89. The average Bonchev–Trinajstić information content (AvgIpc) is 2.76. The third kappa shape index (κ3) is 2.95. The lowest BCUT2D eigenvalue weighted by atomic mass is 10.1. The minimum absolute atomic E-state index is 0.222. The van der Waals surface area contributed by atoms with Gasteiger partial charge in [-0.15, -0.1) is 24.8 Å². The van der Waals surface area contributed by atoms with Crippen molar-refractivity contribution in [3.8, 4) is 16.9 Å². The molecule has 1 heterocycles. The molecule has 18 heavy (non-hydrogen) atoms. The maximum absolute atomic E-state index is 12.0. The van der Waals surface area contributed by atoms with Crippen LogP contribution in [-0.2, 0) is 5.88 Å². The van der Waals surface area contributed by atoms with Crippen LogP contribution in [0.2, 0.25) is 0 Å². The zero-order valence-corrected chi connectivity index (χ0v) is 9.72. The third-order valence-electron chi connectivity index (χ3n) is 2.24. The molecular formula is C11H8ClF3N2O. The van der Waals surface area contributed by atoms with Gasteiger partial charge in [0, 0.05) is 11.8 Å². The van der Waals surface area contributed by atoms with Gasteiger partial charge >= 0.3 is 6.36 Å². The van der Waals surface area contributed by atoms with Crippen LogP contribution in [0.25, 0.3) is 11.1 Å². The van der Waals surface area contributed by atoms with E-state index in [0.717, 1.165) is 5.56 Å². The zero-order valence-electron chi connectivity index (χ0n) is 8.96. The molecule has 0 saturated heterocycles. The number of aromatic amines is 1. The van der Waals surface area contributed by atoms with E-state index < -0.39 is 6.36 Å². The van der Waals surface area contributed by atoms with Crippen molar-refractivity contribution in [1.82, 2.24) is 10.2 Å². The number of hydrogen-bond acceptors (Lipinski definition) is 2. The lowest BCUT2D eigenvalue weighted by Crippen LogP contribution is -2.16. The highest BCUT2D eigenvalue weighted by Crippen LogP contribution is 2.27. The first-order valence-electron chi connectivity index (χ1n) is 4.94. The first-order valence-corrected chi connectivity index (χ1v) is 5.48. The number of ether oxygens (including phenoxy) is 1. The summed E-state index contributed by atoms with van der Waals surface area (Å²) >= 11 is 5.69. The van der Waals surface area contributed by atoms with Crippen LogP contribution in [0.3, 0.4) is 0 Å². The summed E-state index contributed by atoms with van der Waals surface area (Å²) in [5.74, 6) is -0.0400. The second-order valence-corrected chi connectivity index (χ2v) is 3.72. The molecule has 0 saturated carbocycles. The summed E-state index contributed by atoms with van der Waals surface area (Å²) in [6.45, 7) is 0. The predicted molar refractivity (Wildman–Crippen MR) is 60.3 cm³/mol. The summed E-state index contributed by atoms with van der Waals surface area (Å²) in [5.41, 5.74) is 2.11. The standard InChI is InChI=1S/C11H8ClF3N2O/c12-5-10-9(6-16-17-10)7-1-3-8(4-2-7)18-11(13,14)15/h1-4,6H,5H2,(H,16,17). The van der Waals surface area contributed by atoms with Crippen LogP contribution in [0.4, 0.5) is 13.2 Å². The summed E-state index contributed by atoms with van der Waals surface area (Å²) in [7, 11) is 0. The molecule has 0 aliphatic heterocycles. The van der Waals surface area contributed by atoms with Crippen molar-refractivity contribution in [3.63, 3.8) is 0 Å². The summed E-state index contributed by atoms with van der Waals surface area (Å²) < 4.78 is 39.7. The summed E-state index contributed by atoms with van der Waals surface area (Å²) in [5, 5.41) is 6.58. The lowest BCUT2D eigenvalue weighted by molar-refractivity contribution is -0.274. The lowest BCUT2D eigenvalue weighted by Gasteiger charge is -2.09. The van der Waals surface area contributed by atoms with E-state index >= 15 is 0 Å². The monoisotopic (exact) mass is 276 g/mol. The molecule has 0 atom stereocenters. The Morgan fingerprint density at radius 2 is 1.89 bits per heavy atom. The molecule has 1 aromatic heterocycles. The van der Waals surface area contributed by atoms with Gasteiger partial charge in [0.2, 0.25) is 0 Å².